The van der Waals surface area contributed by atoms with Gasteiger partial charge in [0, 0.05) is 21.8 Å². The SMILES string of the molecule is C[C@H](OC(=O)/C=C/c1ccc(Cl)cc1)C(=O)Nc1ccc(Cl)cc1. The topological polar surface area (TPSA) is 55.4 Å². The zero-order valence-electron chi connectivity index (χ0n) is 12.8. The molecule has 0 radical (unpaired) electrons. The lowest BCUT2D eigenvalue weighted by Crippen LogP contribution is -2.29. The summed E-state index contributed by atoms with van der Waals surface area (Å²) in [6.07, 6.45) is 1.92. The van der Waals surface area contributed by atoms with Crippen LogP contribution in [0.2, 0.25) is 10.0 Å². The number of anilines is 1. The highest BCUT2D eigenvalue weighted by molar-refractivity contribution is 6.30. The van der Waals surface area contributed by atoms with Crippen LogP contribution in [0.15, 0.2) is 54.6 Å². The molecule has 24 heavy (non-hydrogen) atoms. The number of amides is 1. The summed E-state index contributed by atoms with van der Waals surface area (Å²) < 4.78 is 5.06. The molecular weight excluding hydrogens is 349 g/mol. The molecule has 0 heterocycles. The largest absolute Gasteiger partial charge is 0.449 e. The predicted molar refractivity (Wildman–Crippen MR) is 96.1 cm³/mol. The van der Waals surface area contributed by atoms with Gasteiger partial charge in [0.15, 0.2) is 6.10 Å². The Labute approximate surface area is 150 Å². The molecule has 0 fully saturated rings. The summed E-state index contributed by atoms with van der Waals surface area (Å²) in [5.41, 5.74) is 1.37. The molecule has 0 saturated carbocycles. The van der Waals surface area contributed by atoms with Gasteiger partial charge < -0.3 is 10.1 Å². The van der Waals surface area contributed by atoms with Crippen LogP contribution in [-0.2, 0) is 14.3 Å². The highest BCUT2D eigenvalue weighted by atomic mass is 35.5. The minimum absolute atomic E-state index is 0.425. The third kappa shape index (κ3) is 5.72. The lowest BCUT2D eigenvalue weighted by atomic mass is 10.2. The summed E-state index contributed by atoms with van der Waals surface area (Å²) >= 11 is 11.6. The molecule has 1 atom stereocenters. The van der Waals surface area contributed by atoms with Crippen molar-refractivity contribution in [2.24, 2.45) is 0 Å². The van der Waals surface area contributed by atoms with E-state index >= 15 is 0 Å². The van der Waals surface area contributed by atoms with Crippen LogP contribution >= 0.6 is 23.2 Å². The molecule has 0 spiro atoms. The van der Waals surface area contributed by atoms with E-state index in [9.17, 15) is 9.59 Å². The Bertz CT molecular complexity index is 740. The van der Waals surface area contributed by atoms with E-state index in [1.807, 2.05) is 0 Å². The molecule has 0 aromatic heterocycles. The van der Waals surface area contributed by atoms with Gasteiger partial charge in [-0.2, -0.15) is 0 Å². The Morgan fingerprint density at radius 1 is 1.00 bits per heavy atom. The number of esters is 1. The van der Waals surface area contributed by atoms with Crippen LogP contribution in [0, 0.1) is 0 Å². The Morgan fingerprint density at radius 2 is 1.54 bits per heavy atom. The zero-order valence-corrected chi connectivity index (χ0v) is 14.3. The second kappa shape index (κ2) is 8.52. The fourth-order valence-corrected chi connectivity index (χ4v) is 2.03. The molecular formula is C18H15Cl2NO3. The quantitative estimate of drug-likeness (QED) is 0.624. The van der Waals surface area contributed by atoms with Gasteiger partial charge in [0.1, 0.15) is 0 Å². The summed E-state index contributed by atoms with van der Waals surface area (Å²) in [6, 6.07) is 13.6. The molecule has 0 unspecified atom stereocenters. The molecule has 1 amide bonds. The fraction of sp³-hybridized carbons (Fsp3) is 0.111. The molecule has 0 aliphatic heterocycles. The van der Waals surface area contributed by atoms with Gasteiger partial charge in [-0.1, -0.05) is 35.3 Å². The van der Waals surface area contributed by atoms with Crippen LogP contribution in [0.1, 0.15) is 12.5 Å². The van der Waals surface area contributed by atoms with Crippen molar-refractivity contribution < 1.29 is 14.3 Å². The van der Waals surface area contributed by atoms with Crippen LogP contribution < -0.4 is 5.32 Å². The number of ether oxygens (including phenoxy) is 1. The Kier molecular flexibility index (Phi) is 6.41. The number of carbonyl (C=O) groups excluding carboxylic acids is 2. The van der Waals surface area contributed by atoms with Gasteiger partial charge in [0.2, 0.25) is 0 Å². The van der Waals surface area contributed by atoms with Gasteiger partial charge in [-0.15, -0.1) is 0 Å². The molecule has 2 rings (SSSR count). The minimum atomic E-state index is -0.928. The summed E-state index contributed by atoms with van der Waals surface area (Å²) in [7, 11) is 0. The zero-order chi connectivity index (χ0) is 17.5. The summed E-state index contributed by atoms with van der Waals surface area (Å²) in [5, 5.41) is 3.82. The first-order valence-electron chi connectivity index (χ1n) is 7.15. The van der Waals surface area contributed by atoms with Crippen molar-refractivity contribution in [3.8, 4) is 0 Å². The lowest BCUT2D eigenvalue weighted by Gasteiger charge is -2.12. The van der Waals surface area contributed by atoms with E-state index < -0.39 is 18.0 Å². The second-order valence-corrected chi connectivity index (χ2v) is 5.83. The molecule has 4 nitrogen and oxygen atoms in total. The number of halogens is 2. The van der Waals surface area contributed by atoms with Crippen LogP contribution in [0.5, 0.6) is 0 Å². The van der Waals surface area contributed by atoms with E-state index in [1.165, 1.54) is 13.0 Å². The van der Waals surface area contributed by atoms with E-state index in [4.69, 9.17) is 27.9 Å². The maximum absolute atomic E-state index is 12.0. The van der Waals surface area contributed by atoms with E-state index in [0.717, 1.165) is 5.56 Å². The minimum Gasteiger partial charge on any atom is -0.449 e. The van der Waals surface area contributed by atoms with E-state index in [0.29, 0.717) is 15.7 Å². The van der Waals surface area contributed by atoms with Gasteiger partial charge >= 0.3 is 5.97 Å². The molecule has 0 saturated heterocycles. The van der Waals surface area contributed by atoms with Gasteiger partial charge in [-0.3, -0.25) is 4.79 Å². The van der Waals surface area contributed by atoms with Crippen molar-refractivity contribution in [3.05, 3.63) is 70.2 Å². The van der Waals surface area contributed by atoms with Gasteiger partial charge in [-0.25, -0.2) is 4.79 Å². The molecule has 1 N–H and O–H groups in total. The number of nitrogens with one attached hydrogen (secondary N) is 1. The normalized spacial score (nSPS) is 12.0. The Hall–Kier alpha value is -2.30. The van der Waals surface area contributed by atoms with E-state index in [-0.39, 0.29) is 0 Å². The second-order valence-electron chi connectivity index (χ2n) is 4.96. The van der Waals surface area contributed by atoms with E-state index in [1.54, 1.807) is 54.6 Å². The first-order chi connectivity index (χ1) is 11.4. The third-order valence-corrected chi connectivity index (χ3v) is 3.56. The third-order valence-electron chi connectivity index (χ3n) is 3.06. The number of hydrogen-bond acceptors (Lipinski definition) is 3. The molecule has 6 heteroatoms. The number of benzene rings is 2. The van der Waals surface area contributed by atoms with Crippen LogP contribution in [-0.4, -0.2) is 18.0 Å². The monoisotopic (exact) mass is 363 g/mol. The summed E-state index contributed by atoms with van der Waals surface area (Å²) in [6.45, 7) is 1.50. The highest BCUT2D eigenvalue weighted by Gasteiger charge is 2.16. The smallest absolute Gasteiger partial charge is 0.331 e. The molecule has 2 aromatic rings. The average molecular weight is 364 g/mol. The van der Waals surface area contributed by atoms with Crippen molar-refractivity contribution in [2.75, 3.05) is 5.32 Å². The van der Waals surface area contributed by atoms with Gasteiger partial charge in [0.05, 0.1) is 0 Å². The standard InChI is InChI=1S/C18H15Cl2NO3/c1-12(18(23)21-16-9-7-15(20)8-10-16)24-17(22)11-4-13-2-5-14(19)6-3-13/h2-12H,1H3,(H,21,23)/b11-4+/t12-/m0/s1. The maximum Gasteiger partial charge on any atom is 0.331 e. The van der Waals surface area contributed by atoms with Gasteiger partial charge in [-0.05, 0) is 55.0 Å². The molecule has 0 aliphatic rings. The first kappa shape index (κ1) is 18.0. The fourth-order valence-electron chi connectivity index (χ4n) is 1.78. The molecule has 124 valence electrons. The van der Waals surface area contributed by atoms with Gasteiger partial charge in [0.25, 0.3) is 5.91 Å². The lowest BCUT2D eigenvalue weighted by molar-refractivity contribution is -0.148. The van der Waals surface area contributed by atoms with Crippen molar-refractivity contribution in [1.82, 2.24) is 0 Å². The number of carbonyl (C=O) groups is 2. The maximum atomic E-state index is 12.0. The van der Waals surface area contributed by atoms with Crippen molar-refractivity contribution >= 4 is 46.8 Å². The summed E-state index contributed by atoms with van der Waals surface area (Å²) in [4.78, 5) is 23.7. The molecule has 2 aromatic carbocycles. The molecule has 0 aliphatic carbocycles. The van der Waals surface area contributed by atoms with E-state index in [2.05, 4.69) is 5.32 Å². The molecule has 0 bridgehead atoms. The van der Waals surface area contributed by atoms with Crippen LogP contribution in [0.4, 0.5) is 5.69 Å². The first-order valence-corrected chi connectivity index (χ1v) is 7.90. The number of hydrogen-bond donors (Lipinski definition) is 1. The average Bonchev–Trinajstić information content (AvgIpc) is 2.56. The Balaban J connectivity index is 1.87. The predicted octanol–water partition coefficient (Wildman–Crippen LogP) is 4.58. The Morgan fingerprint density at radius 3 is 2.12 bits per heavy atom. The van der Waals surface area contributed by atoms with Crippen molar-refractivity contribution in [2.45, 2.75) is 13.0 Å². The van der Waals surface area contributed by atoms with Crippen molar-refractivity contribution in [1.29, 1.82) is 0 Å². The highest BCUT2D eigenvalue weighted by Crippen LogP contribution is 2.14. The van der Waals surface area contributed by atoms with Crippen LogP contribution in [0.25, 0.3) is 6.08 Å². The van der Waals surface area contributed by atoms with Crippen molar-refractivity contribution in [3.63, 3.8) is 0 Å². The van der Waals surface area contributed by atoms with Crippen LogP contribution in [0.3, 0.4) is 0 Å². The summed E-state index contributed by atoms with van der Waals surface area (Å²) in [5.74, 6) is -1.03. The number of rotatable bonds is 5.